The van der Waals surface area contributed by atoms with Crippen LogP contribution in [0.2, 0.25) is 0 Å². The summed E-state index contributed by atoms with van der Waals surface area (Å²) in [6.07, 6.45) is 1.49. The number of hydrogen-bond acceptors (Lipinski definition) is 3. The summed E-state index contributed by atoms with van der Waals surface area (Å²) < 4.78 is 15.4. The standard InChI is InChI=1S/C12H12O4/c1-7-9-5-11(15-3)10(14-2)4-8(9)6-16-12(7)13/h4-6H,1-3H3/p+1. The second-order valence-electron chi connectivity index (χ2n) is 3.46. The highest BCUT2D eigenvalue weighted by molar-refractivity contribution is 5.87. The number of benzene rings is 1. The van der Waals surface area contributed by atoms with Gasteiger partial charge in [0, 0.05) is 5.39 Å². The molecule has 0 atom stereocenters. The Hall–Kier alpha value is -1.97. The van der Waals surface area contributed by atoms with E-state index in [0.717, 1.165) is 10.8 Å². The number of fused-ring (bicyclic) bond motifs is 1. The van der Waals surface area contributed by atoms with Gasteiger partial charge in [-0.25, -0.2) is 0 Å². The van der Waals surface area contributed by atoms with Gasteiger partial charge in [-0.15, -0.1) is 0 Å². The van der Waals surface area contributed by atoms with Crippen molar-refractivity contribution in [1.29, 1.82) is 0 Å². The molecule has 2 aromatic rings. The first-order chi connectivity index (χ1) is 7.67. The maximum Gasteiger partial charge on any atom is 0.519 e. The van der Waals surface area contributed by atoms with Crippen molar-refractivity contribution in [2.24, 2.45) is 0 Å². The SMILES string of the molecule is COc1cc2coc(=[OH+])c(C)c2cc1OC. The van der Waals surface area contributed by atoms with Crippen LogP contribution in [0.4, 0.5) is 0 Å². The van der Waals surface area contributed by atoms with Crippen LogP contribution < -0.4 is 15.1 Å². The molecule has 4 nitrogen and oxygen atoms in total. The quantitative estimate of drug-likeness (QED) is 0.726. The van der Waals surface area contributed by atoms with Crippen molar-refractivity contribution >= 4 is 10.8 Å². The molecule has 1 N–H and O–H groups in total. The molecular weight excluding hydrogens is 208 g/mol. The van der Waals surface area contributed by atoms with Crippen LogP contribution in [0.3, 0.4) is 0 Å². The van der Waals surface area contributed by atoms with E-state index in [4.69, 9.17) is 13.9 Å². The van der Waals surface area contributed by atoms with Crippen molar-refractivity contribution in [3.05, 3.63) is 29.6 Å². The lowest BCUT2D eigenvalue weighted by Gasteiger charge is -2.08. The van der Waals surface area contributed by atoms with Crippen LogP contribution in [0.25, 0.3) is 10.8 Å². The molecule has 0 bridgehead atoms. The average Bonchev–Trinajstić information content (AvgIpc) is 2.32. The zero-order valence-electron chi connectivity index (χ0n) is 9.40. The fraction of sp³-hybridized carbons (Fsp3) is 0.250. The zero-order valence-corrected chi connectivity index (χ0v) is 9.40. The number of aryl methyl sites for hydroxylation is 1. The van der Waals surface area contributed by atoms with Crippen LogP contribution >= 0.6 is 0 Å². The topological polar surface area (TPSA) is 53.0 Å². The highest BCUT2D eigenvalue weighted by Gasteiger charge is 2.13. The fourth-order valence-electron chi connectivity index (χ4n) is 1.64. The molecule has 0 fully saturated rings. The molecule has 0 radical (unpaired) electrons. The summed E-state index contributed by atoms with van der Waals surface area (Å²) in [5.74, 6) is 1.26. The highest BCUT2D eigenvalue weighted by atomic mass is 16.5. The van der Waals surface area contributed by atoms with Crippen LogP contribution in [0.15, 0.2) is 22.8 Å². The molecule has 0 aliphatic heterocycles. The van der Waals surface area contributed by atoms with Gasteiger partial charge in [0.1, 0.15) is 5.56 Å². The van der Waals surface area contributed by atoms with Gasteiger partial charge >= 0.3 is 5.63 Å². The minimum absolute atomic E-state index is 0.0836. The maximum atomic E-state index is 9.47. The third-order valence-corrected chi connectivity index (χ3v) is 2.58. The Morgan fingerprint density at radius 1 is 1.12 bits per heavy atom. The minimum Gasteiger partial charge on any atom is -0.493 e. The van der Waals surface area contributed by atoms with Crippen molar-refractivity contribution in [3.63, 3.8) is 0 Å². The predicted octanol–water partition coefficient (Wildman–Crippen LogP) is 1.76. The molecule has 84 valence electrons. The lowest BCUT2D eigenvalue weighted by Crippen LogP contribution is -2.05. The molecule has 0 spiro atoms. The van der Waals surface area contributed by atoms with Crippen LogP contribution in [0.1, 0.15) is 5.56 Å². The predicted molar refractivity (Wildman–Crippen MR) is 59.1 cm³/mol. The molecule has 0 amide bonds. The first kappa shape index (κ1) is 10.5. The highest BCUT2D eigenvalue weighted by Crippen LogP contribution is 2.32. The average molecular weight is 221 g/mol. The van der Waals surface area contributed by atoms with Gasteiger partial charge in [0.2, 0.25) is 6.26 Å². The van der Waals surface area contributed by atoms with Crippen molar-refractivity contribution < 1.29 is 18.7 Å². The first-order valence-corrected chi connectivity index (χ1v) is 4.83. The summed E-state index contributed by atoms with van der Waals surface area (Å²) >= 11 is 0. The van der Waals surface area contributed by atoms with Gasteiger partial charge in [0.05, 0.1) is 19.6 Å². The van der Waals surface area contributed by atoms with Gasteiger partial charge in [-0.05, 0) is 19.1 Å². The summed E-state index contributed by atoms with van der Waals surface area (Å²) in [5, 5.41) is 1.73. The van der Waals surface area contributed by atoms with Gasteiger partial charge in [0.15, 0.2) is 11.5 Å². The van der Waals surface area contributed by atoms with E-state index in [1.165, 1.54) is 6.26 Å². The Balaban J connectivity index is 2.83. The van der Waals surface area contributed by atoms with E-state index < -0.39 is 0 Å². The summed E-state index contributed by atoms with van der Waals surface area (Å²) in [6, 6.07) is 3.63. The molecule has 0 saturated carbocycles. The van der Waals surface area contributed by atoms with E-state index in [-0.39, 0.29) is 5.63 Å². The molecule has 1 heterocycles. The van der Waals surface area contributed by atoms with E-state index >= 15 is 0 Å². The minimum atomic E-state index is -0.0836. The van der Waals surface area contributed by atoms with Gasteiger partial charge in [-0.3, -0.25) is 4.42 Å². The Bertz CT molecular complexity index is 583. The summed E-state index contributed by atoms with van der Waals surface area (Å²) in [5.41, 5.74) is 0.596. The normalized spacial score (nSPS) is 10.4. The molecule has 0 aliphatic rings. The zero-order chi connectivity index (χ0) is 11.7. The van der Waals surface area contributed by atoms with E-state index in [1.54, 1.807) is 21.1 Å². The summed E-state index contributed by atoms with van der Waals surface area (Å²) in [7, 11) is 3.15. The van der Waals surface area contributed by atoms with Gasteiger partial charge in [0.25, 0.3) is 0 Å². The molecule has 4 heteroatoms. The Labute approximate surface area is 92.4 Å². The van der Waals surface area contributed by atoms with Gasteiger partial charge in [-0.1, -0.05) is 0 Å². The third-order valence-electron chi connectivity index (χ3n) is 2.58. The van der Waals surface area contributed by atoms with E-state index in [9.17, 15) is 4.79 Å². The second kappa shape index (κ2) is 3.89. The van der Waals surface area contributed by atoms with E-state index in [1.807, 2.05) is 12.1 Å². The number of ether oxygens (including phenoxy) is 2. The van der Waals surface area contributed by atoms with Crippen molar-refractivity contribution in [2.75, 3.05) is 14.2 Å². The number of hydrogen-bond donors (Lipinski definition) is 0. The Morgan fingerprint density at radius 2 is 1.75 bits per heavy atom. The van der Waals surface area contributed by atoms with Crippen molar-refractivity contribution in [2.45, 2.75) is 6.92 Å². The van der Waals surface area contributed by atoms with Crippen molar-refractivity contribution in [1.82, 2.24) is 0 Å². The molecule has 2 rings (SSSR count). The number of rotatable bonds is 2. The molecule has 0 unspecified atom stereocenters. The molecule has 0 saturated heterocycles. The van der Waals surface area contributed by atoms with Crippen LogP contribution in [0.5, 0.6) is 11.5 Å². The van der Waals surface area contributed by atoms with Crippen LogP contribution in [-0.2, 0) is 0 Å². The monoisotopic (exact) mass is 221 g/mol. The maximum absolute atomic E-state index is 9.47. The van der Waals surface area contributed by atoms with Crippen LogP contribution in [-0.4, -0.2) is 19.0 Å². The Morgan fingerprint density at radius 3 is 2.38 bits per heavy atom. The number of methoxy groups -OCH3 is 2. The van der Waals surface area contributed by atoms with E-state index in [0.29, 0.717) is 17.1 Å². The third kappa shape index (κ3) is 1.52. The largest absolute Gasteiger partial charge is 0.519 e. The molecule has 0 aliphatic carbocycles. The van der Waals surface area contributed by atoms with Crippen LogP contribution in [0, 0.1) is 6.92 Å². The molecule has 1 aromatic heterocycles. The summed E-state index contributed by atoms with van der Waals surface area (Å²) in [6.45, 7) is 1.78. The molecular formula is C12H13O4+. The lowest BCUT2D eigenvalue weighted by atomic mass is 10.1. The van der Waals surface area contributed by atoms with Crippen molar-refractivity contribution in [3.8, 4) is 11.5 Å². The Kier molecular flexibility index (Phi) is 2.56. The fourth-order valence-corrected chi connectivity index (χ4v) is 1.64. The molecule has 1 aromatic carbocycles. The van der Waals surface area contributed by atoms with Gasteiger partial charge in [-0.2, -0.15) is 0 Å². The lowest BCUT2D eigenvalue weighted by molar-refractivity contribution is 0.354. The molecule has 16 heavy (non-hydrogen) atoms. The second-order valence-corrected chi connectivity index (χ2v) is 3.46. The van der Waals surface area contributed by atoms with E-state index in [2.05, 4.69) is 0 Å². The smallest absolute Gasteiger partial charge is 0.493 e. The first-order valence-electron chi connectivity index (χ1n) is 4.83. The summed E-state index contributed by atoms with van der Waals surface area (Å²) in [4.78, 5) is 9.47. The van der Waals surface area contributed by atoms with Gasteiger partial charge < -0.3 is 14.3 Å².